The van der Waals surface area contributed by atoms with E-state index in [1.165, 1.54) is 12.3 Å². The van der Waals surface area contributed by atoms with Crippen molar-refractivity contribution < 1.29 is 14.0 Å². The van der Waals surface area contributed by atoms with Gasteiger partial charge in [0.15, 0.2) is 0 Å². The summed E-state index contributed by atoms with van der Waals surface area (Å²) in [6.45, 7) is 3.75. The summed E-state index contributed by atoms with van der Waals surface area (Å²) in [4.78, 5) is 39.1. The SMILES string of the molecule is CC(C)NC(=O)c1ccc(NC(=O)c2ccc(-c3ccco3)[nH]c2=O)cc1. The minimum Gasteiger partial charge on any atom is -0.463 e. The zero-order valence-corrected chi connectivity index (χ0v) is 14.9. The lowest BCUT2D eigenvalue weighted by molar-refractivity contribution is 0.0942. The fourth-order valence-corrected chi connectivity index (χ4v) is 2.48. The van der Waals surface area contributed by atoms with E-state index in [0.717, 1.165) is 0 Å². The monoisotopic (exact) mass is 365 g/mol. The Labute approximate surface area is 155 Å². The summed E-state index contributed by atoms with van der Waals surface area (Å²) in [7, 11) is 0. The van der Waals surface area contributed by atoms with E-state index in [9.17, 15) is 14.4 Å². The molecule has 2 amide bonds. The molecule has 3 aromatic rings. The lowest BCUT2D eigenvalue weighted by Crippen LogP contribution is -2.30. The molecule has 0 atom stereocenters. The minimum absolute atomic E-state index is 0.0214. The van der Waals surface area contributed by atoms with Crippen LogP contribution in [0.1, 0.15) is 34.6 Å². The summed E-state index contributed by atoms with van der Waals surface area (Å²) in [6, 6.07) is 12.9. The Hall–Kier alpha value is -3.61. The van der Waals surface area contributed by atoms with E-state index < -0.39 is 11.5 Å². The van der Waals surface area contributed by atoms with Gasteiger partial charge in [0.25, 0.3) is 17.4 Å². The third kappa shape index (κ3) is 4.33. The molecule has 3 rings (SSSR count). The van der Waals surface area contributed by atoms with E-state index in [1.807, 2.05) is 13.8 Å². The summed E-state index contributed by atoms with van der Waals surface area (Å²) in [5.74, 6) is -0.219. The molecule has 0 saturated heterocycles. The van der Waals surface area contributed by atoms with Crippen LogP contribution in [0.4, 0.5) is 5.69 Å². The molecule has 7 nitrogen and oxygen atoms in total. The van der Waals surface area contributed by atoms with Crippen molar-refractivity contribution in [2.45, 2.75) is 19.9 Å². The zero-order chi connectivity index (χ0) is 19.4. The zero-order valence-electron chi connectivity index (χ0n) is 14.9. The Morgan fingerprint density at radius 2 is 1.74 bits per heavy atom. The van der Waals surface area contributed by atoms with Crippen molar-refractivity contribution in [3.05, 3.63) is 76.3 Å². The van der Waals surface area contributed by atoms with Crippen molar-refractivity contribution in [1.82, 2.24) is 10.3 Å². The van der Waals surface area contributed by atoms with Crippen LogP contribution in [0.2, 0.25) is 0 Å². The number of pyridine rings is 1. The van der Waals surface area contributed by atoms with Crippen LogP contribution in [0.5, 0.6) is 0 Å². The third-order valence-electron chi connectivity index (χ3n) is 3.77. The molecule has 0 bridgehead atoms. The number of amides is 2. The standard InChI is InChI=1S/C20H19N3O4/c1-12(2)21-18(24)13-5-7-14(8-6-13)22-19(25)15-9-10-16(23-20(15)26)17-4-3-11-27-17/h3-12H,1-2H3,(H,21,24)(H,22,25)(H,23,26). The molecule has 0 spiro atoms. The van der Waals surface area contributed by atoms with Gasteiger partial charge in [0.05, 0.1) is 12.0 Å². The van der Waals surface area contributed by atoms with Crippen molar-refractivity contribution >= 4 is 17.5 Å². The van der Waals surface area contributed by atoms with Gasteiger partial charge in [-0.3, -0.25) is 14.4 Å². The molecule has 2 heterocycles. The highest BCUT2D eigenvalue weighted by Gasteiger charge is 2.13. The molecule has 0 aliphatic rings. The van der Waals surface area contributed by atoms with Crippen LogP contribution in [0.15, 0.2) is 64.0 Å². The highest BCUT2D eigenvalue weighted by atomic mass is 16.3. The van der Waals surface area contributed by atoms with Gasteiger partial charge >= 0.3 is 0 Å². The van der Waals surface area contributed by atoms with Crippen molar-refractivity contribution in [1.29, 1.82) is 0 Å². The molecule has 0 unspecified atom stereocenters. The molecular formula is C20H19N3O4. The van der Waals surface area contributed by atoms with Crippen LogP contribution in [-0.2, 0) is 0 Å². The van der Waals surface area contributed by atoms with E-state index in [-0.39, 0.29) is 17.5 Å². The third-order valence-corrected chi connectivity index (χ3v) is 3.77. The Bertz CT molecular complexity index is 1000. The fourth-order valence-electron chi connectivity index (χ4n) is 2.48. The van der Waals surface area contributed by atoms with Crippen molar-refractivity contribution in [2.24, 2.45) is 0 Å². The van der Waals surface area contributed by atoms with Gasteiger partial charge in [-0.2, -0.15) is 0 Å². The number of furan rings is 1. The lowest BCUT2D eigenvalue weighted by atomic mass is 10.1. The molecular weight excluding hydrogens is 346 g/mol. The Morgan fingerprint density at radius 3 is 2.33 bits per heavy atom. The van der Waals surface area contributed by atoms with Crippen LogP contribution in [-0.4, -0.2) is 22.8 Å². The molecule has 3 N–H and O–H groups in total. The number of aromatic amines is 1. The first-order chi connectivity index (χ1) is 12.9. The first-order valence-corrected chi connectivity index (χ1v) is 8.43. The first kappa shape index (κ1) is 18.2. The Kier molecular flexibility index (Phi) is 5.21. The minimum atomic E-state index is -0.540. The van der Waals surface area contributed by atoms with Gasteiger partial charge in [0.2, 0.25) is 0 Å². The van der Waals surface area contributed by atoms with Gasteiger partial charge in [-0.15, -0.1) is 0 Å². The van der Waals surface area contributed by atoms with Crippen LogP contribution >= 0.6 is 0 Å². The van der Waals surface area contributed by atoms with E-state index >= 15 is 0 Å². The molecule has 1 aromatic carbocycles. The number of carbonyl (C=O) groups excluding carboxylic acids is 2. The largest absolute Gasteiger partial charge is 0.463 e. The second kappa shape index (κ2) is 7.74. The predicted molar refractivity (Wildman–Crippen MR) is 102 cm³/mol. The molecule has 0 fully saturated rings. The van der Waals surface area contributed by atoms with Crippen LogP contribution in [0, 0.1) is 0 Å². The maximum atomic E-state index is 12.4. The number of carbonyl (C=O) groups is 2. The predicted octanol–water partition coefficient (Wildman–Crippen LogP) is 3.03. The van der Waals surface area contributed by atoms with E-state index in [2.05, 4.69) is 15.6 Å². The number of rotatable bonds is 5. The average molecular weight is 365 g/mol. The summed E-state index contributed by atoms with van der Waals surface area (Å²) in [5, 5.41) is 5.44. The second-order valence-corrected chi connectivity index (χ2v) is 6.25. The Morgan fingerprint density at radius 1 is 1.00 bits per heavy atom. The van der Waals surface area contributed by atoms with Crippen LogP contribution < -0.4 is 16.2 Å². The molecule has 138 valence electrons. The Balaban J connectivity index is 1.72. The first-order valence-electron chi connectivity index (χ1n) is 8.43. The molecule has 0 aliphatic heterocycles. The van der Waals surface area contributed by atoms with E-state index in [4.69, 9.17) is 4.42 Å². The number of anilines is 1. The molecule has 0 saturated carbocycles. The maximum Gasteiger partial charge on any atom is 0.261 e. The smallest absolute Gasteiger partial charge is 0.261 e. The highest BCUT2D eigenvalue weighted by Crippen LogP contribution is 2.16. The van der Waals surface area contributed by atoms with Crippen molar-refractivity contribution in [3.63, 3.8) is 0 Å². The van der Waals surface area contributed by atoms with E-state index in [1.54, 1.807) is 42.5 Å². The molecule has 2 aromatic heterocycles. The van der Waals surface area contributed by atoms with Gasteiger partial charge in [-0.05, 0) is 62.4 Å². The van der Waals surface area contributed by atoms with Crippen molar-refractivity contribution in [2.75, 3.05) is 5.32 Å². The molecule has 27 heavy (non-hydrogen) atoms. The van der Waals surface area contributed by atoms with E-state index in [0.29, 0.717) is 22.7 Å². The summed E-state index contributed by atoms with van der Waals surface area (Å²) in [5.41, 5.74) is 0.918. The quantitative estimate of drug-likeness (QED) is 0.646. The second-order valence-electron chi connectivity index (χ2n) is 6.25. The molecule has 0 aliphatic carbocycles. The maximum absolute atomic E-state index is 12.4. The number of benzene rings is 1. The van der Waals surface area contributed by atoms with Gasteiger partial charge in [0.1, 0.15) is 11.3 Å². The summed E-state index contributed by atoms with van der Waals surface area (Å²) < 4.78 is 5.22. The lowest BCUT2D eigenvalue weighted by Gasteiger charge is -2.09. The number of aromatic nitrogens is 1. The van der Waals surface area contributed by atoms with Gasteiger partial charge in [0, 0.05) is 17.3 Å². The highest BCUT2D eigenvalue weighted by molar-refractivity contribution is 6.04. The number of hydrogen-bond donors (Lipinski definition) is 3. The summed E-state index contributed by atoms with van der Waals surface area (Å²) >= 11 is 0. The van der Waals surface area contributed by atoms with Crippen LogP contribution in [0.25, 0.3) is 11.5 Å². The average Bonchev–Trinajstić information content (AvgIpc) is 3.16. The van der Waals surface area contributed by atoms with Gasteiger partial charge in [-0.1, -0.05) is 0 Å². The number of nitrogens with one attached hydrogen (secondary N) is 3. The van der Waals surface area contributed by atoms with Crippen LogP contribution in [0.3, 0.4) is 0 Å². The normalized spacial score (nSPS) is 10.6. The van der Waals surface area contributed by atoms with Gasteiger partial charge < -0.3 is 20.0 Å². The fraction of sp³-hybridized carbons (Fsp3) is 0.150. The number of hydrogen-bond acceptors (Lipinski definition) is 4. The summed E-state index contributed by atoms with van der Waals surface area (Å²) in [6.07, 6.45) is 1.50. The van der Waals surface area contributed by atoms with Gasteiger partial charge in [-0.25, -0.2) is 0 Å². The number of H-pyrrole nitrogens is 1. The molecule has 7 heteroatoms. The topological polar surface area (TPSA) is 104 Å². The van der Waals surface area contributed by atoms with Crippen molar-refractivity contribution in [3.8, 4) is 11.5 Å². The molecule has 0 radical (unpaired) electrons.